The second-order valence-electron chi connectivity index (χ2n) is 6.77. The highest BCUT2D eigenvalue weighted by Gasteiger charge is 2.22. The number of aliphatic hydroxyl groups is 1. The van der Waals surface area contributed by atoms with Gasteiger partial charge in [0.15, 0.2) is 5.96 Å². The van der Waals surface area contributed by atoms with Crippen molar-refractivity contribution in [1.29, 1.82) is 0 Å². The Kier molecular flexibility index (Phi) is 11.3. The fraction of sp³-hybridized carbons (Fsp3) is 0.364. The molecule has 0 bridgehead atoms. The Bertz CT molecular complexity index is 752. The lowest BCUT2D eigenvalue weighted by Gasteiger charge is -2.22. The molecule has 29 heavy (non-hydrogen) atoms. The predicted molar refractivity (Wildman–Crippen MR) is 128 cm³/mol. The van der Waals surface area contributed by atoms with Crippen LogP contribution < -0.4 is 16.0 Å². The molecule has 0 aromatic heterocycles. The van der Waals surface area contributed by atoms with Gasteiger partial charge >= 0.3 is 0 Å². The Morgan fingerprint density at radius 1 is 1.00 bits per heavy atom. The summed E-state index contributed by atoms with van der Waals surface area (Å²) in [5.41, 5.74) is 0.827. The Morgan fingerprint density at radius 2 is 1.62 bits per heavy atom. The highest BCUT2D eigenvalue weighted by atomic mass is 127. The number of carbonyl (C=O) groups is 1. The molecule has 0 radical (unpaired) electrons. The normalized spacial score (nSPS) is 13.0. The monoisotopic (exact) mass is 510 g/mol. The standard InChI is InChI=1S/C22H30N4O2.HI/c1-3-23-21(26-17-22(2,28)19-12-8-5-9-13-19)24-15-14-20(27)25-16-18-10-6-4-7-11-18;/h4-13,28H,3,14-17H2,1-2H3,(H,25,27)(H2,23,24,26);1H. The molecule has 1 atom stereocenters. The van der Waals surface area contributed by atoms with Crippen molar-refractivity contribution in [2.75, 3.05) is 19.6 Å². The number of amides is 1. The minimum absolute atomic E-state index is 0. The van der Waals surface area contributed by atoms with Crippen LogP contribution >= 0.6 is 24.0 Å². The Hall–Kier alpha value is -2.13. The van der Waals surface area contributed by atoms with Crippen LogP contribution in [0.2, 0.25) is 0 Å². The first-order valence-corrected chi connectivity index (χ1v) is 9.62. The van der Waals surface area contributed by atoms with Gasteiger partial charge in [0, 0.05) is 26.1 Å². The maximum Gasteiger partial charge on any atom is 0.222 e. The number of nitrogens with one attached hydrogen (secondary N) is 3. The van der Waals surface area contributed by atoms with Crippen molar-refractivity contribution in [3.8, 4) is 0 Å². The van der Waals surface area contributed by atoms with Crippen LogP contribution in [0.4, 0.5) is 0 Å². The third kappa shape index (κ3) is 9.27. The van der Waals surface area contributed by atoms with Crippen LogP contribution in [0.5, 0.6) is 0 Å². The van der Waals surface area contributed by atoms with Crippen molar-refractivity contribution < 1.29 is 9.90 Å². The van der Waals surface area contributed by atoms with Gasteiger partial charge in [-0.05, 0) is 25.0 Å². The van der Waals surface area contributed by atoms with Crippen molar-refractivity contribution in [3.05, 3.63) is 71.8 Å². The first-order chi connectivity index (χ1) is 13.5. The van der Waals surface area contributed by atoms with Crippen LogP contribution in [0.15, 0.2) is 65.7 Å². The van der Waals surface area contributed by atoms with E-state index < -0.39 is 5.60 Å². The summed E-state index contributed by atoms with van der Waals surface area (Å²) in [6.07, 6.45) is 0.340. The highest BCUT2D eigenvalue weighted by molar-refractivity contribution is 14.0. The van der Waals surface area contributed by atoms with Gasteiger partial charge in [-0.3, -0.25) is 4.79 Å². The summed E-state index contributed by atoms with van der Waals surface area (Å²) in [6, 6.07) is 19.3. The van der Waals surface area contributed by atoms with Gasteiger partial charge in [0.2, 0.25) is 5.91 Å². The molecule has 0 heterocycles. The summed E-state index contributed by atoms with van der Waals surface area (Å²) in [6.45, 7) is 5.60. The molecule has 2 aromatic rings. The van der Waals surface area contributed by atoms with Crippen molar-refractivity contribution >= 4 is 35.8 Å². The van der Waals surface area contributed by atoms with Gasteiger partial charge in [-0.2, -0.15) is 0 Å². The lowest BCUT2D eigenvalue weighted by atomic mass is 9.96. The van der Waals surface area contributed by atoms with Gasteiger partial charge in [-0.15, -0.1) is 24.0 Å². The third-order valence-corrected chi connectivity index (χ3v) is 4.26. The van der Waals surface area contributed by atoms with Crippen LogP contribution in [0.25, 0.3) is 0 Å². The van der Waals surface area contributed by atoms with Crippen LogP contribution in [0.1, 0.15) is 31.4 Å². The summed E-state index contributed by atoms with van der Waals surface area (Å²) >= 11 is 0. The van der Waals surface area contributed by atoms with Gasteiger partial charge < -0.3 is 21.1 Å². The van der Waals surface area contributed by atoms with Crippen molar-refractivity contribution in [2.24, 2.45) is 4.99 Å². The molecule has 0 aliphatic heterocycles. The smallest absolute Gasteiger partial charge is 0.222 e. The molecule has 0 saturated heterocycles. The first kappa shape index (κ1) is 24.9. The van der Waals surface area contributed by atoms with E-state index in [4.69, 9.17) is 0 Å². The number of aliphatic imine (C=N–C) groups is 1. The second kappa shape index (κ2) is 13.2. The van der Waals surface area contributed by atoms with Gasteiger partial charge in [-0.1, -0.05) is 60.7 Å². The molecule has 0 aliphatic rings. The molecule has 7 heteroatoms. The zero-order valence-corrected chi connectivity index (χ0v) is 19.4. The number of carbonyl (C=O) groups excluding carboxylic acids is 1. The fourth-order valence-electron chi connectivity index (χ4n) is 2.64. The first-order valence-electron chi connectivity index (χ1n) is 9.62. The largest absolute Gasteiger partial charge is 0.384 e. The molecular weight excluding hydrogens is 479 g/mol. The molecule has 0 aliphatic carbocycles. The molecular formula is C22H31IN4O2. The van der Waals surface area contributed by atoms with E-state index in [-0.39, 0.29) is 36.4 Å². The Labute approximate surface area is 190 Å². The van der Waals surface area contributed by atoms with Crippen LogP contribution in [-0.2, 0) is 16.9 Å². The lowest BCUT2D eigenvalue weighted by Crippen LogP contribution is -2.40. The van der Waals surface area contributed by atoms with Crippen LogP contribution in [0.3, 0.4) is 0 Å². The molecule has 0 saturated carbocycles. The number of nitrogens with zero attached hydrogens (tertiary/aromatic N) is 1. The van der Waals surface area contributed by atoms with Gasteiger partial charge in [0.1, 0.15) is 5.60 Å². The van der Waals surface area contributed by atoms with E-state index in [1.165, 1.54) is 0 Å². The lowest BCUT2D eigenvalue weighted by molar-refractivity contribution is -0.121. The number of halogens is 1. The number of benzene rings is 2. The third-order valence-electron chi connectivity index (χ3n) is 4.26. The summed E-state index contributed by atoms with van der Waals surface area (Å²) in [7, 11) is 0. The highest BCUT2D eigenvalue weighted by Crippen LogP contribution is 2.20. The number of rotatable bonds is 9. The summed E-state index contributed by atoms with van der Waals surface area (Å²) in [5, 5.41) is 19.8. The van der Waals surface area contributed by atoms with E-state index in [1.54, 1.807) is 6.92 Å². The van der Waals surface area contributed by atoms with Gasteiger partial charge in [0.25, 0.3) is 0 Å². The Balaban J connectivity index is 0.00000420. The Morgan fingerprint density at radius 3 is 2.24 bits per heavy atom. The number of hydrogen-bond donors (Lipinski definition) is 4. The minimum Gasteiger partial charge on any atom is -0.384 e. The molecule has 4 N–H and O–H groups in total. The summed E-state index contributed by atoms with van der Waals surface area (Å²) < 4.78 is 0. The second-order valence-corrected chi connectivity index (χ2v) is 6.77. The molecule has 0 fully saturated rings. The maximum absolute atomic E-state index is 12.0. The van der Waals surface area contributed by atoms with Gasteiger partial charge in [0.05, 0.1) is 6.54 Å². The molecule has 2 rings (SSSR count). The van der Waals surface area contributed by atoms with Crippen molar-refractivity contribution in [1.82, 2.24) is 16.0 Å². The van der Waals surface area contributed by atoms with E-state index >= 15 is 0 Å². The van der Waals surface area contributed by atoms with Gasteiger partial charge in [-0.25, -0.2) is 4.99 Å². The minimum atomic E-state index is -1.06. The molecule has 6 nitrogen and oxygen atoms in total. The zero-order valence-electron chi connectivity index (χ0n) is 17.0. The summed E-state index contributed by atoms with van der Waals surface area (Å²) in [5.74, 6) is 0.554. The summed E-state index contributed by atoms with van der Waals surface area (Å²) in [4.78, 5) is 16.5. The van der Waals surface area contributed by atoms with E-state index in [1.807, 2.05) is 67.6 Å². The zero-order chi connectivity index (χ0) is 20.2. The fourth-order valence-corrected chi connectivity index (χ4v) is 2.64. The quantitative estimate of drug-likeness (QED) is 0.238. The van der Waals surface area contributed by atoms with E-state index in [0.717, 1.165) is 11.1 Å². The van der Waals surface area contributed by atoms with E-state index in [2.05, 4.69) is 20.9 Å². The SMILES string of the molecule is CCNC(=NCC(C)(O)c1ccccc1)NCCC(=O)NCc1ccccc1.I. The van der Waals surface area contributed by atoms with E-state index in [9.17, 15) is 9.90 Å². The molecule has 2 aromatic carbocycles. The van der Waals surface area contributed by atoms with E-state index in [0.29, 0.717) is 32.0 Å². The molecule has 158 valence electrons. The molecule has 1 amide bonds. The molecule has 1 unspecified atom stereocenters. The van der Waals surface area contributed by atoms with Crippen molar-refractivity contribution in [3.63, 3.8) is 0 Å². The predicted octanol–water partition coefficient (Wildman–Crippen LogP) is 2.77. The van der Waals surface area contributed by atoms with Crippen LogP contribution in [-0.4, -0.2) is 36.6 Å². The topological polar surface area (TPSA) is 85.8 Å². The average Bonchev–Trinajstić information content (AvgIpc) is 2.72. The average molecular weight is 510 g/mol. The molecule has 0 spiro atoms. The van der Waals surface area contributed by atoms with Crippen molar-refractivity contribution in [2.45, 2.75) is 32.4 Å². The number of hydrogen-bond acceptors (Lipinski definition) is 3. The maximum atomic E-state index is 12.0. The number of guanidine groups is 1. The van der Waals surface area contributed by atoms with Crippen LogP contribution in [0, 0.1) is 0 Å².